The largest absolute Gasteiger partial charge is 0.480 e. The number of aryl methyl sites for hydroxylation is 1. The van der Waals surface area contributed by atoms with Gasteiger partial charge in [0.05, 0.1) is 28.4 Å². The van der Waals surface area contributed by atoms with Crippen molar-refractivity contribution in [3.8, 4) is 0 Å². The molecule has 0 aliphatic carbocycles. The maximum absolute atomic E-state index is 8.07. The Morgan fingerprint density at radius 1 is 0.320 bits per heavy atom. The zero-order valence-corrected chi connectivity index (χ0v) is 40.9. The fourth-order valence-corrected chi connectivity index (χ4v) is 13.7. The molecule has 5 aliphatic rings. The quantitative estimate of drug-likeness (QED) is 0.126. The van der Waals surface area contributed by atoms with Gasteiger partial charge in [-0.1, -0.05) is 158 Å². The van der Waals surface area contributed by atoms with Crippen molar-refractivity contribution in [3.05, 3.63) is 248 Å². The number of fused-ring (bicyclic) bond motifs is 16. The van der Waals surface area contributed by atoms with Crippen molar-refractivity contribution in [3.63, 3.8) is 0 Å². The topological polar surface area (TPSA) is 29.3 Å². The molecule has 1 aromatic heterocycles. The zero-order valence-electron chi connectivity index (χ0n) is 40.9. The molecule has 12 aromatic rings. The van der Waals surface area contributed by atoms with Crippen LogP contribution in [-0.4, -0.2) is 13.4 Å². The van der Waals surface area contributed by atoms with E-state index in [0.29, 0.717) is 0 Å². The number of hydrogen-bond donors (Lipinski definition) is 0. The molecule has 0 bridgehead atoms. The SMILES string of the molecule is Cc1cc2c3c(c1)N1c4c(oc5c4N(c4cc(N(c6ccccc6)c6ccccc6)cc6c4B5c4ccccc4N6c4ccccc4)c4c1c1ccccc1c1ccccc41)B3c1ccccc1N2c1ccccc1. The summed E-state index contributed by atoms with van der Waals surface area (Å²) in [4.78, 5) is 12.6. The predicted molar refractivity (Wildman–Crippen MR) is 315 cm³/mol. The lowest BCUT2D eigenvalue weighted by Crippen LogP contribution is -2.61. The van der Waals surface area contributed by atoms with Gasteiger partial charge in [0.25, 0.3) is 13.4 Å². The highest BCUT2D eigenvalue weighted by Gasteiger charge is 2.56. The Bertz CT molecular complexity index is 4330. The van der Waals surface area contributed by atoms with Crippen LogP contribution in [-0.2, 0) is 0 Å². The van der Waals surface area contributed by atoms with E-state index in [1.54, 1.807) is 0 Å². The number of hydrogen-bond acceptors (Lipinski definition) is 6. The third-order valence-electron chi connectivity index (χ3n) is 16.4. The van der Waals surface area contributed by atoms with Crippen molar-refractivity contribution in [2.75, 3.05) is 24.5 Å². The highest BCUT2D eigenvalue weighted by Crippen LogP contribution is 2.62. The zero-order chi connectivity index (χ0) is 49.0. The second kappa shape index (κ2) is 15.2. The number of para-hydroxylation sites is 6. The first-order valence-electron chi connectivity index (χ1n) is 26.0. The van der Waals surface area contributed by atoms with Gasteiger partial charge in [-0.3, -0.25) is 0 Å². The molecule has 0 atom stereocenters. The van der Waals surface area contributed by atoms with Gasteiger partial charge in [0.1, 0.15) is 11.4 Å². The number of furan rings is 1. The van der Waals surface area contributed by atoms with Gasteiger partial charge < -0.3 is 28.9 Å². The van der Waals surface area contributed by atoms with Crippen LogP contribution in [0.5, 0.6) is 0 Å². The van der Waals surface area contributed by atoms with Crippen LogP contribution < -0.4 is 57.7 Å². The van der Waals surface area contributed by atoms with E-state index in [1.165, 1.54) is 60.3 Å². The number of benzene rings is 11. The monoisotopic (exact) mass is 955 g/mol. The first kappa shape index (κ1) is 40.9. The van der Waals surface area contributed by atoms with Crippen LogP contribution in [0.1, 0.15) is 5.56 Å². The molecule has 0 fully saturated rings. The van der Waals surface area contributed by atoms with Crippen molar-refractivity contribution in [2.45, 2.75) is 6.92 Å². The van der Waals surface area contributed by atoms with E-state index in [2.05, 4.69) is 274 Å². The minimum atomic E-state index is -0.238. The molecule has 0 radical (unpaired) electrons. The van der Waals surface area contributed by atoms with Crippen LogP contribution in [0.25, 0.3) is 21.5 Å². The lowest BCUT2D eigenvalue weighted by atomic mass is 9.35. The first-order chi connectivity index (χ1) is 37.2. The highest BCUT2D eigenvalue weighted by atomic mass is 16.3. The fourth-order valence-electron chi connectivity index (χ4n) is 13.7. The molecule has 0 saturated heterocycles. The lowest BCUT2D eigenvalue weighted by Gasteiger charge is -2.49. The third-order valence-corrected chi connectivity index (χ3v) is 16.4. The van der Waals surface area contributed by atoms with Gasteiger partial charge in [-0.2, -0.15) is 0 Å². The van der Waals surface area contributed by atoms with E-state index in [4.69, 9.17) is 4.42 Å². The third kappa shape index (κ3) is 5.44. The van der Waals surface area contributed by atoms with Gasteiger partial charge in [0, 0.05) is 67.6 Å². The summed E-state index contributed by atoms with van der Waals surface area (Å²) >= 11 is 0. The Balaban J connectivity index is 1.06. The molecule has 17 rings (SSSR count). The van der Waals surface area contributed by atoms with Crippen LogP contribution >= 0.6 is 0 Å². The van der Waals surface area contributed by atoms with Gasteiger partial charge in [-0.25, -0.2) is 0 Å². The number of nitrogens with zero attached hydrogens (tertiary/aromatic N) is 5. The molecule has 11 aromatic carbocycles. The van der Waals surface area contributed by atoms with Crippen LogP contribution in [0.2, 0.25) is 0 Å². The molecule has 348 valence electrons. The molecule has 75 heavy (non-hydrogen) atoms. The molecule has 0 saturated carbocycles. The van der Waals surface area contributed by atoms with Crippen LogP contribution in [0.3, 0.4) is 0 Å². The second-order valence-corrected chi connectivity index (χ2v) is 20.4. The first-order valence-corrected chi connectivity index (χ1v) is 26.0. The van der Waals surface area contributed by atoms with Crippen molar-refractivity contribution >= 4 is 153 Å². The van der Waals surface area contributed by atoms with Gasteiger partial charge in [0.2, 0.25) is 0 Å². The Kier molecular flexibility index (Phi) is 8.29. The Hall–Kier alpha value is -9.65. The summed E-state index contributed by atoms with van der Waals surface area (Å²) in [7, 11) is 0. The van der Waals surface area contributed by atoms with Crippen molar-refractivity contribution in [1.82, 2.24) is 0 Å². The van der Waals surface area contributed by atoms with Crippen LogP contribution in [0, 0.1) is 6.92 Å². The van der Waals surface area contributed by atoms with E-state index in [1.807, 2.05) is 0 Å². The molecule has 6 heterocycles. The lowest BCUT2D eigenvalue weighted by molar-refractivity contribution is 0.634. The van der Waals surface area contributed by atoms with Gasteiger partial charge in [-0.15, -0.1) is 0 Å². The van der Waals surface area contributed by atoms with Crippen molar-refractivity contribution in [1.29, 1.82) is 0 Å². The number of anilines is 15. The summed E-state index contributed by atoms with van der Waals surface area (Å²) in [5.41, 5.74) is 24.9. The van der Waals surface area contributed by atoms with E-state index >= 15 is 0 Å². The standard InChI is InChI=1S/C67H43B2N5O/c1-42-38-56-60-57(39-42)73-62-50-32-16-14-30-48(50)49-31-15-17-33-51(49)63(62)74-59-41-47(70(43-22-6-2-7-23-43)44-24-8-3-9-25-44)40-58-61(59)69(53-35-19-21-37-55(53)72(58)46-28-12-5-13-29-46)67-65(74)64(73)66(75-67)68(60)52-34-18-20-36-54(52)71(56)45-26-10-4-11-27-45/h2-41H,1H3. The average Bonchev–Trinajstić information content (AvgIpc) is 4.10. The average molecular weight is 956 g/mol. The van der Waals surface area contributed by atoms with E-state index < -0.39 is 0 Å². The molecule has 6 nitrogen and oxygen atoms in total. The minimum absolute atomic E-state index is 0.191. The van der Waals surface area contributed by atoms with Gasteiger partial charge >= 0.3 is 0 Å². The summed E-state index contributed by atoms with van der Waals surface area (Å²) in [6, 6.07) is 89.3. The predicted octanol–water partition coefficient (Wildman–Crippen LogP) is 13.8. The molecule has 0 spiro atoms. The summed E-state index contributed by atoms with van der Waals surface area (Å²) in [6.07, 6.45) is 0. The van der Waals surface area contributed by atoms with Crippen LogP contribution in [0.15, 0.2) is 247 Å². The Labute approximate surface area is 435 Å². The summed E-state index contributed by atoms with van der Waals surface area (Å²) < 4.78 is 8.07. The molecule has 0 unspecified atom stereocenters. The second-order valence-electron chi connectivity index (χ2n) is 20.4. The summed E-state index contributed by atoms with van der Waals surface area (Å²) in [5.74, 6) is 0. The van der Waals surface area contributed by atoms with Crippen LogP contribution in [0.4, 0.5) is 85.3 Å². The van der Waals surface area contributed by atoms with E-state index in [-0.39, 0.29) is 13.4 Å². The maximum atomic E-state index is 8.07. The van der Waals surface area contributed by atoms with E-state index in [0.717, 1.165) is 85.3 Å². The molecule has 8 heteroatoms. The van der Waals surface area contributed by atoms with E-state index in [9.17, 15) is 0 Å². The molecular formula is C67H43B2N5O. The highest BCUT2D eigenvalue weighted by molar-refractivity contribution is 7.02. The maximum Gasteiger partial charge on any atom is 0.297 e. The fraction of sp³-hybridized carbons (Fsp3) is 0.0149. The molecular weight excluding hydrogens is 912 g/mol. The van der Waals surface area contributed by atoms with Gasteiger partial charge in [0.15, 0.2) is 0 Å². The Morgan fingerprint density at radius 2 is 0.680 bits per heavy atom. The number of rotatable bonds is 5. The minimum Gasteiger partial charge on any atom is -0.480 e. The molecule has 0 amide bonds. The summed E-state index contributed by atoms with van der Waals surface area (Å²) in [5, 5.41) is 4.80. The van der Waals surface area contributed by atoms with Crippen molar-refractivity contribution < 1.29 is 4.42 Å². The molecule has 0 N–H and O–H groups in total. The summed E-state index contributed by atoms with van der Waals surface area (Å²) in [6.45, 7) is 1.83. The normalized spacial score (nSPS) is 13.8. The molecule has 5 aliphatic heterocycles. The van der Waals surface area contributed by atoms with Gasteiger partial charge in [-0.05, 0) is 130 Å². The van der Waals surface area contributed by atoms with Crippen molar-refractivity contribution in [2.24, 2.45) is 0 Å². The Morgan fingerprint density at radius 3 is 1.15 bits per heavy atom. The smallest absolute Gasteiger partial charge is 0.297 e.